The number of piperazine rings is 1. The summed E-state index contributed by atoms with van der Waals surface area (Å²) in [6.07, 6.45) is 0. The second-order valence-electron chi connectivity index (χ2n) is 4.31. The van der Waals surface area contributed by atoms with Gasteiger partial charge in [-0.25, -0.2) is 0 Å². The fraction of sp³-hybridized carbons (Fsp3) is 0.333. The number of nitrogens with one attached hydrogen (secondary N) is 2. The molecule has 0 atom stereocenters. The summed E-state index contributed by atoms with van der Waals surface area (Å²) in [4.78, 5) is 48.5. The first-order chi connectivity index (χ1) is 9.45. The smallest absolute Gasteiger partial charge is 0.261 e. The molecular formula is C12H13N3O4S. The quantitative estimate of drug-likeness (QED) is 0.719. The number of hydrogen-bond donors (Lipinski definition) is 2. The van der Waals surface area contributed by atoms with E-state index in [0.29, 0.717) is 4.88 Å². The Morgan fingerprint density at radius 1 is 1.30 bits per heavy atom. The van der Waals surface area contributed by atoms with E-state index in [-0.39, 0.29) is 25.5 Å². The van der Waals surface area contributed by atoms with Gasteiger partial charge in [0, 0.05) is 4.88 Å². The van der Waals surface area contributed by atoms with Crippen LogP contribution in [0.25, 0.3) is 0 Å². The number of hydrogen-bond acceptors (Lipinski definition) is 5. The summed E-state index contributed by atoms with van der Waals surface area (Å²) in [5, 5.41) is 4.58. The van der Waals surface area contributed by atoms with Gasteiger partial charge < -0.3 is 10.2 Å². The second kappa shape index (κ2) is 5.83. The molecule has 2 N–H and O–H groups in total. The van der Waals surface area contributed by atoms with Crippen molar-refractivity contribution in [2.45, 2.75) is 6.92 Å². The van der Waals surface area contributed by atoms with Crippen molar-refractivity contribution in [3.63, 3.8) is 0 Å². The standard InChI is InChI=1S/C12H13N3O4S/c1-7-2-3-8(20-7)12(19)13-4-11(18)15-5-9(16)14-10(17)6-15/h2-3H,4-6H2,1H3,(H,13,19)(H,14,16,17). The van der Waals surface area contributed by atoms with Gasteiger partial charge in [-0.15, -0.1) is 11.3 Å². The average molecular weight is 295 g/mol. The van der Waals surface area contributed by atoms with Gasteiger partial charge in [0.2, 0.25) is 17.7 Å². The minimum atomic E-state index is -0.519. The van der Waals surface area contributed by atoms with Crippen LogP contribution >= 0.6 is 11.3 Å². The Hall–Kier alpha value is -2.22. The number of amides is 4. The zero-order valence-corrected chi connectivity index (χ0v) is 11.6. The molecule has 0 aliphatic carbocycles. The van der Waals surface area contributed by atoms with Crippen LogP contribution in [-0.4, -0.2) is 48.2 Å². The number of thiophene rings is 1. The highest BCUT2D eigenvalue weighted by Crippen LogP contribution is 2.14. The molecule has 0 spiro atoms. The lowest BCUT2D eigenvalue weighted by atomic mass is 10.3. The van der Waals surface area contributed by atoms with E-state index in [9.17, 15) is 19.2 Å². The first-order valence-electron chi connectivity index (χ1n) is 5.91. The third kappa shape index (κ3) is 3.41. The SMILES string of the molecule is Cc1ccc(C(=O)NCC(=O)N2CC(=O)NC(=O)C2)s1. The predicted molar refractivity (Wildman–Crippen MR) is 71.1 cm³/mol. The van der Waals surface area contributed by atoms with E-state index in [0.717, 1.165) is 9.78 Å². The molecule has 0 saturated carbocycles. The van der Waals surface area contributed by atoms with Gasteiger partial charge in [0.1, 0.15) is 13.1 Å². The van der Waals surface area contributed by atoms with Crippen LogP contribution in [0, 0.1) is 6.92 Å². The molecule has 2 heterocycles. The maximum absolute atomic E-state index is 11.8. The van der Waals surface area contributed by atoms with Gasteiger partial charge >= 0.3 is 0 Å². The summed E-state index contributed by atoms with van der Waals surface area (Å²) in [6, 6.07) is 3.49. The monoisotopic (exact) mass is 295 g/mol. The number of carbonyl (C=O) groups is 4. The Morgan fingerprint density at radius 3 is 2.50 bits per heavy atom. The molecule has 1 saturated heterocycles. The van der Waals surface area contributed by atoms with Crippen LogP contribution in [0.4, 0.5) is 0 Å². The highest BCUT2D eigenvalue weighted by Gasteiger charge is 2.26. The summed E-state index contributed by atoms with van der Waals surface area (Å²) in [6.45, 7) is 1.30. The molecule has 1 aromatic rings. The summed E-state index contributed by atoms with van der Waals surface area (Å²) >= 11 is 1.33. The van der Waals surface area contributed by atoms with Crippen molar-refractivity contribution >= 4 is 35.0 Å². The van der Waals surface area contributed by atoms with Crippen molar-refractivity contribution in [2.75, 3.05) is 19.6 Å². The van der Waals surface area contributed by atoms with Crippen LogP contribution in [0.3, 0.4) is 0 Å². The van der Waals surface area contributed by atoms with Crippen molar-refractivity contribution in [3.05, 3.63) is 21.9 Å². The maximum atomic E-state index is 11.8. The van der Waals surface area contributed by atoms with Crippen molar-refractivity contribution in [2.24, 2.45) is 0 Å². The molecule has 7 nitrogen and oxygen atoms in total. The van der Waals surface area contributed by atoms with Crippen LogP contribution in [0.2, 0.25) is 0 Å². The molecule has 0 aromatic carbocycles. The Labute approximate surface area is 118 Å². The van der Waals surface area contributed by atoms with Gasteiger partial charge in [-0.05, 0) is 19.1 Å². The number of imide groups is 1. The molecule has 0 unspecified atom stereocenters. The third-order valence-corrected chi connectivity index (χ3v) is 3.66. The average Bonchev–Trinajstić information content (AvgIpc) is 2.81. The summed E-state index contributed by atoms with van der Waals surface area (Å²) < 4.78 is 0. The molecule has 106 valence electrons. The third-order valence-electron chi connectivity index (χ3n) is 2.66. The number of carbonyl (C=O) groups excluding carboxylic acids is 4. The van der Waals surface area contributed by atoms with Crippen LogP contribution in [0.5, 0.6) is 0 Å². The molecule has 4 amide bonds. The highest BCUT2D eigenvalue weighted by atomic mass is 32.1. The fourth-order valence-electron chi connectivity index (χ4n) is 1.72. The first-order valence-corrected chi connectivity index (χ1v) is 6.72. The van der Waals surface area contributed by atoms with Gasteiger partial charge in [-0.2, -0.15) is 0 Å². The lowest BCUT2D eigenvalue weighted by Crippen LogP contribution is -2.55. The summed E-state index contributed by atoms with van der Waals surface area (Å²) in [7, 11) is 0. The predicted octanol–water partition coefficient (Wildman–Crippen LogP) is -0.729. The van der Waals surface area contributed by atoms with Crippen molar-refractivity contribution in [1.29, 1.82) is 0 Å². The van der Waals surface area contributed by atoms with E-state index in [1.165, 1.54) is 11.3 Å². The molecule has 0 radical (unpaired) electrons. The molecule has 8 heteroatoms. The van der Waals surface area contributed by atoms with E-state index in [1.54, 1.807) is 6.07 Å². The van der Waals surface area contributed by atoms with E-state index < -0.39 is 17.7 Å². The number of rotatable bonds is 3. The molecule has 1 aliphatic rings. The first kappa shape index (κ1) is 14.2. The van der Waals surface area contributed by atoms with E-state index >= 15 is 0 Å². The van der Waals surface area contributed by atoms with Crippen LogP contribution in [0.15, 0.2) is 12.1 Å². The van der Waals surface area contributed by atoms with Crippen LogP contribution in [-0.2, 0) is 14.4 Å². The Balaban J connectivity index is 1.87. The van der Waals surface area contributed by atoms with Crippen LogP contribution < -0.4 is 10.6 Å². The zero-order valence-electron chi connectivity index (χ0n) is 10.8. The molecule has 1 aromatic heterocycles. The Morgan fingerprint density at radius 2 is 1.95 bits per heavy atom. The minimum absolute atomic E-state index is 0.168. The minimum Gasteiger partial charge on any atom is -0.342 e. The molecule has 20 heavy (non-hydrogen) atoms. The molecule has 1 aliphatic heterocycles. The zero-order chi connectivity index (χ0) is 14.7. The molecule has 2 rings (SSSR count). The van der Waals surface area contributed by atoms with E-state index in [4.69, 9.17) is 0 Å². The summed E-state index contributed by atoms with van der Waals surface area (Å²) in [5.41, 5.74) is 0. The van der Waals surface area contributed by atoms with Gasteiger partial charge in [-0.1, -0.05) is 0 Å². The lowest BCUT2D eigenvalue weighted by molar-refractivity contribution is -0.144. The lowest BCUT2D eigenvalue weighted by Gasteiger charge is -2.25. The second-order valence-corrected chi connectivity index (χ2v) is 5.60. The molecular weight excluding hydrogens is 282 g/mol. The van der Waals surface area contributed by atoms with Crippen LogP contribution in [0.1, 0.15) is 14.5 Å². The van der Waals surface area contributed by atoms with Gasteiger partial charge in [0.05, 0.1) is 11.4 Å². The van der Waals surface area contributed by atoms with Crippen molar-refractivity contribution in [3.8, 4) is 0 Å². The summed E-state index contributed by atoms with van der Waals surface area (Å²) in [5.74, 6) is -1.84. The number of aryl methyl sites for hydroxylation is 1. The van der Waals surface area contributed by atoms with Crippen molar-refractivity contribution in [1.82, 2.24) is 15.5 Å². The largest absolute Gasteiger partial charge is 0.342 e. The highest BCUT2D eigenvalue weighted by molar-refractivity contribution is 7.13. The maximum Gasteiger partial charge on any atom is 0.261 e. The topological polar surface area (TPSA) is 95.6 Å². The van der Waals surface area contributed by atoms with Gasteiger partial charge in [0.25, 0.3) is 5.91 Å². The van der Waals surface area contributed by atoms with E-state index in [1.807, 2.05) is 13.0 Å². The van der Waals surface area contributed by atoms with Gasteiger partial charge in [-0.3, -0.25) is 24.5 Å². The van der Waals surface area contributed by atoms with Crippen molar-refractivity contribution < 1.29 is 19.2 Å². The Kier molecular flexibility index (Phi) is 4.14. The Bertz CT molecular complexity index is 565. The molecule has 1 fully saturated rings. The number of nitrogens with zero attached hydrogens (tertiary/aromatic N) is 1. The normalized spacial score (nSPS) is 14.9. The van der Waals surface area contributed by atoms with E-state index in [2.05, 4.69) is 10.6 Å². The molecule has 0 bridgehead atoms. The van der Waals surface area contributed by atoms with Gasteiger partial charge in [0.15, 0.2) is 0 Å². The fourth-order valence-corrected chi connectivity index (χ4v) is 2.51.